The van der Waals surface area contributed by atoms with Gasteiger partial charge in [-0.05, 0) is 33.2 Å². The Balaban J connectivity index is 2.32. The van der Waals surface area contributed by atoms with Crippen molar-refractivity contribution in [2.24, 2.45) is 0 Å². The van der Waals surface area contributed by atoms with E-state index in [1.807, 2.05) is 0 Å². The molecule has 0 spiro atoms. The summed E-state index contributed by atoms with van der Waals surface area (Å²) in [6.45, 7) is 6.36. The molecule has 2 rings (SSSR count). The zero-order valence-corrected chi connectivity index (χ0v) is 8.25. The molecule has 4 heteroatoms. The van der Waals surface area contributed by atoms with Crippen LogP contribution in [0.3, 0.4) is 0 Å². The lowest BCUT2D eigenvalue weighted by Crippen LogP contribution is -2.36. The van der Waals surface area contributed by atoms with Crippen molar-refractivity contribution in [3.8, 4) is 0 Å². The minimum Gasteiger partial charge on any atom is -0.316 e. The van der Waals surface area contributed by atoms with E-state index in [2.05, 4.69) is 33.9 Å². The van der Waals surface area contributed by atoms with E-state index in [1.54, 1.807) is 6.33 Å². The molecule has 0 aromatic carbocycles. The van der Waals surface area contributed by atoms with E-state index in [4.69, 9.17) is 0 Å². The lowest BCUT2D eigenvalue weighted by Gasteiger charge is -2.23. The van der Waals surface area contributed by atoms with Crippen molar-refractivity contribution in [1.82, 2.24) is 20.1 Å². The summed E-state index contributed by atoms with van der Waals surface area (Å²) >= 11 is 0. The maximum absolute atomic E-state index is 4.19. The van der Waals surface area contributed by atoms with Crippen LogP contribution in [0.4, 0.5) is 0 Å². The van der Waals surface area contributed by atoms with Crippen LogP contribution in [0, 0.1) is 0 Å². The predicted octanol–water partition coefficient (Wildman–Crippen LogP) is 0.897. The highest BCUT2D eigenvalue weighted by molar-refractivity contribution is 5.06. The first-order chi connectivity index (χ1) is 6.26. The molecule has 0 aliphatic carbocycles. The van der Waals surface area contributed by atoms with Gasteiger partial charge in [-0.15, -0.1) is 10.2 Å². The molecule has 13 heavy (non-hydrogen) atoms. The maximum Gasteiger partial charge on any atom is 0.152 e. The molecule has 0 amide bonds. The molecular formula is C9H16N4. The fraction of sp³-hybridized carbons (Fsp3) is 0.778. The minimum atomic E-state index is 0.0481. The van der Waals surface area contributed by atoms with Crippen molar-refractivity contribution in [2.75, 3.05) is 6.54 Å². The Hall–Kier alpha value is -0.900. The Morgan fingerprint density at radius 2 is 2.54 bits per heavy atom. The summed E-state index contributed by atoms with van der Waals surface area (Å²) in [7, 11) is 0. The van der Waals surface area contributed by atoms with Crippen LogP contribution < -0.4 is 5.32 Å². The minimum absolute atomic E-state index is 0.0481. The normalized spacial score (nSPS) is 28.2. The van der Waals surface area contributed by atoms with Crippen LogP contribution in [-0.4, -0.2) is 21.3 Å². The third-order valence-corrected chi connectivity index (χ3v) is 2.82. The van der Waals surface area contributed by atoms with Gasteiger partial charge in [0.1, 0.15) is 6.33 Å². The summed E-state index contributed by atoms with van der Waals surface area (Å²) in [6.07, 6.45) is 4.19. The highest BCUT2D eigenvalue weighted by Crippen LogP contribution is 2.28. The zero-order valence-electron chi connectivity index (χ0n) is 8.25. The summed E-state index contributed by atoms with van der Waals surface area (Å²) in [5.74, 6) is 1.08. The van der Waals surface area contributed by atoms with Crippen LogP contribution in [-0.2, 0) is 12.1 Å². The molecule has 0 radical (unpaired) electrons. The first-order valence-electron chi connectivity index (χ1n) is 4.89. The van der Waals surface area contributed by atoms with Gasteiger partial charge >= 0.3 is 0 Å². The average Bonchev–Trinajstić information content (AvgIpc) is 2.72. The van der Waals surface area contributed by atoms with E-state index < -0.39 is 0 Å². The molecule has 1 aromatic heterocycles. The molecule has 1 atom stereocenters. The van der Waals surface area contributed by atoms with Gasteiger partial charge in [-0.25, -0.2) is 0 Å². The number of rotatable bonds is 2. The fourth-order valence-corrected chi connectivity index (χ4v) is 2.00. The molecule has 0 bridgehead atoms. The summed E-state index contributed by atoms with van der Waals surface area (Å²) in [5.41, 5.74) is 0.0481. The van der Waals surface area contributed by atoms with Gasteiger partial charge in [0.05, 0.1) is 5.54 Å². The molecule has 1 N–H and O–H groups in total. The molecule has 1 unspecified atom stereocenters. The molecule has 0 saturated carbocycles. The van der Waals surface area contributed by atoms with Gasteiger partial charge in [0.2, 0.25) is 0 Å². The Morgan fingerprint density at radius 1 is 1.69 bits per heavy atom. The summed E-state index contributed by atoms with van der Waals surface area (Å²) in [6, 6.07) is 0. The molecule has 1 aliphatic rings. The van der Waals surface area contributed by atoms with Crippen molar-refractivity contribution in [3.05, 3.63) is 12.2 Å². The number of aryl methyl sites for hydroxylation is 1. The molecule has 2 heterocycles. The van der Waals surface area contributed by atoms with E-state index in [9.17, 15) is 0 Å². The second-order valence-corrected chi connectivity index (χ2v) is 3.80. The summed E-state index contributed by atoms with van der Waals surface area (Å²) in [4.78, 5) is 0. The third-order valence-electron chi connectivity index (χ3n) is 2.82. The Bertz CT molecular complexity index is 286. The SMILES string of the molecule is CCn1cnnc1C1(C)CCCN1. The van der Waals surface area contributed by atoms with Gasteiger partial charge in [-0.3, -0.25) is 0 Å². The Labute approximate surface area is 78.4 Å². The number of aromatic nitrogens is 3. The van der Waals surface area contributed by atoms with E-state index >= 15 is 0 Å². The van der Waals surface area contributed by atoms with Gasteiger partial charge in [0.15, 0.2) is 5.82 Å². The van der Waals surface area contributed by atoms with Gasteiger partial charge in [0, 0.05) is 6.54 Å². The van der Waals surface area contributed by atoms with Gasteiger partial charge < -0.3 is 9.88 Å². The molecule has 1 aromatic rings. The molecular weight excluding hydrogens is 164 g/mol. The summed E-state index contributed by atoms with van der Waals surface area (Å²) in [5, 5.41) is 11.6. The Morgan fingerprint density at radius 3 is 3.15 bits per heavy atom. The third kappa shape index (κ3) is 1.35. The first-order valence-corrected chi connectivity index (χ1v) is 4.89. The van der Waals surface area contributed by atoms with Gasteiger partial charge in [-0.1, -0.05) is 0 Å². The van der Waals surface area contributed by atoms with Crippen LogP contribution in [0.2, 0.25) is 0 Å². The van der Waals surface area contributed by atoms with Gasteiger partial charge in [0.25, 0.3) is 0 Å². The number of hydrogen-bond donors (Lipinski definition) is 1. The lowest BCUT2D eigenvalue weighted by molar-refractivity contribution is 0.387. The quantitative estimate of drug-likeness (QED) is 0.735. The maximum atomic E-state index is 4.19. The number of nitrogens with zero attached hydrogens (tertiary/aromatic N) is 3. The Kier molecular flexibility index (Phi) is 2.07. The van der Waals surface area contributed by atoms with Crippen molar-refractivity contribution in [1.29, 1.82) is 0 Å². The van der Waals surface area contributed by atoms with E-state index in [0.717, 1.165) is 25.3 Å². The topological polar surface area (TPSA) is 42.7 Å². The highest BCUT2D eigenvalue weighted by atomic mass is 15.3. The van der Waals surface area contributed by atoms with Crippen molar-refractivity contribution in [3.63, 3.8) is 0 Å². The van der Waals surface area contributed by atoms with Crippen molar-refractivity contribution in [2.45, 2.75) is 38.8 Å². The van der Waals surface area contributed by atoms with Crippen molar-refractivity contribution < 1.29 is 0 Å². The smallest absolute Gasteiger partial charge is 0.152 e. The van der Waals surface area contributed by atoms with Crippen LogP contribution in [0.15, 0.2) is 6.33 Å². The van der Waals surface area contributed by atoms with E-state index in [-0.39, 0.29) is 5.54 Å². The zero-order chi connectivity index (χ0) is 9.31. The lowest BCUT2D eigenvalue weighted by atomic mass is 9.99. The summed E-state index contributed by atoms with van der Waals surface area (Å²) < 4.78 is 2.11. The standard InChI is InChI=1S/C9H16N4/c1-3-13-7-11-12-8(13)9(2)5-4-6-10-9/h7,10H,3-6H2,1-2H3. The highest BCUT2D eigenvalue weighted by Gasteiger charge is 2.34. The fourth-order valence-electron chi connectivity index (χ4n) is 2.00. The van der Waals surface area contributed by atoms with E-state index in [0.29, 0.717) is 0 Å². The monoisotopic (exact) mass is 180 g/mol. The molecule has 1 saturated heterocycles. The van der Waals surface area contributed by atoms with Gasteiger partial charge in [-0.2, -0.15) is 0 Å². The van der Waals surface area contributed by atoms with Crippen molar-refractivity contribution >= 4 is 0 Å². The molecule has 4 nitrogen and oxygen atoms in total. The second kappa shape index (κ2) is 3.10. The number of hydrogen-bond acceptors (Lipinski definition) is 3. The molecule has 1 fully saturated rings. The largest absolute Gasteiger partial charge is 0.316 e. The first kappa shape index (κ1) is 8.69. The van der Waals surface area contributed by atoms with Crippen LogP contribution >= 0.6 is 0 Å². The van der Waals surface area contributed by atoms with E-state index in [1.165, 1.54) is 6.42 Å². The average molecular weight is 180 g/mol. The second-order valence-electron chi connectivity index (χ2n) is 3.80. The predicted molar refractivity (Wildman–Crippen MR) is 50.3 cm³/mol. The van der Waals surface area contributed by atoms with Crippen LogP contribution in [0.1, 0.15) is 32.5 Å². The number of nitrogens with one attached hydrogen (secondary N) is 1. The molecule has 72 valence electrons. The van der Waals surface area contributed by atoms with Crippen LogP contribution in [0.5, 0.6) is 0 Å². The molecule has 1 aliphatic heterocycles. The van der Waals surface area contributed by atoms with Crippen LogP contribution in [0.25, 0.3) is 0 Å².